The van der Waals surface area contributed by atoms with Crippen molar-refractivity contribution in [2.75, 3.05) is 41.9 Å². The van der Waals surface area contributed by atoms with E-state index in [9.17, 15) is 53.1 Å². The van der Waals surface area contributed by atoms with Gasteiger partial charge in [-0.3, -0.25) is 38.4 Å². The summed E-state index contributed by atoms with van der Waals surface area (Å²) in [7, 11) is 5.38. The normalized spacial score (nSPS) is 12.5. The highest BCUT2D eigenvalue weighted by Crippen LogP contribution is 2.44. The number of ketones is 3. The Balaban J connectivity index is 0.000000832. The number of thiol groups is 1. The van der Waals surface area contributed by atoms with Gasteiger partial charge in [0.15, 0.2) is 0 Å². The predicted molar refractivity (Wildman–Crippen MR) is 363 cm³/mol. The molecule has 0 saturated carbocycles. The summed E-state index contributed by atoms with van der Waals surface area (Å²) in [5, 5.41) is 17.8. The van der Waals surface area contributed by atoms with E-state index in [1.165, 1.54) is 71.7 Å². The van der Waals surface area contributed by atoms with Gasteiger partial charge in [-0.2, -0.15) is 12.6 Å². The van der Waals surface area contributed by atoms with Crippen LogP contribution in [0.25, 0.3) is 0 Å². The summed E-state index contributed by atoms with van der Waals surface area (Å²) >= 11 is 3.80. The highest BCUT2D eigenvalue weighted by Gasteiger charge is 2.24. The fourth-order valence-electron chi connectivity index (χ4n) is 7.45. The van der Waals surface area contributed by atoms with Gasteiger partial charge >= 0.3 is 23.9 Å². The second-order valence-electron chi connectivity index (χ2n) is 21.9. The van der Waals surface area contributed by atoms with Crippen molar-refractivity contribution in [2.45, 2.75) is 162 Å². The van der Waals surface area contributed by atoms with Gasteiger partial charge in [-0.05, 0) is 68.2 Å². The Morgan fingerprint density at radius 2 is 0.870 bits per heavy atom. The molecule has 0 saturated heterocycles. The third-order valence-electron chi connectivity index (χ3n) is 13.2. The number of carbonyl (C=O) groups excluding carboxylic acids is 8. The molecule has 508 valence electrons. The molecule has 8 N–H and O–H groups in total. The Hall–Kier alpha value is -7.09. The Bertz CT molecular complexity index is 3000. The van der Waals surface area contributed by atoms with Gasteiger partial charge in [0.05, 0.1) is 56.5 Å². The lowest BCUT2D eigenvalue weighted by Crippen LogP contribution is -2.22. The lowest BCUT2D eigenvalue weighted by molar-refractivity contribution is -0.148. The van der Waals surface area contributed by atoms with E-state index in [0.717, 1.165) is 21.1 Å². The average molecular weight is 1380 g/mol. The van der Waals surface area contributed by atoms with Crippen molar-refractivity contribution in [2.24, 2.45) is 29.6 Å². The minimum Gasteiger partial charge on any atom is -0.481 e. The molecule has 2 atom stereocenters. The molecule has 0 radical (unpaired) electrons. The summed E-state index contributed by atoms with van der Waals surface area (Å²) in [5.41, 5.74) is 21.9. The van der Waals surface area contributed by atoms with Crippen LogP contribution in [-0.2, 0) is 77.1 Å². The van der Waals surface area contributed by atoms with Gasteiger partial charge in [0.25, 0.3) is 0 Å². The molecule has 0 unspecified atom stereocenters. The third kappa shape index (κ3) is 31.5. The SMILES string of the molecule is C/C(=C(\CCCC(=O)C(C)C)SS/C(CCOC(=O)C(C)C)=C(/C)N(C=O)Cc1cnc(C)nc1N)N(C=O)Cc1cnc(C)nc1N.CC(=O)C[C@H](CS)C(=O)O.CC(=O)C[C@H](CSS/C(CCOC(=O)C(C)C)=C(/C)N(C=O)Cc1cnc(C)nc1N)C(=O)O. The number of nitrogens with zero attached hydrogens (tertiary/aromatic N) is 9. The van der Waals surface area contributed by atoms with Gasteiger partial charge in [0.2, 0.25) is 19.2 Å². The van der Waals surface area contributed by atoms with Crippen LogP contribution in [0.4, 0.5) is 17.5 Å². The molecular weight excluding hydrogens is 1290 g/mol. The Labute approximate surface area is 560 Å². The molecule has 0 aliphatic heterocycles. The second-order valence-corrected chi connectivity index (χ2v) is 27.0. The monoisotopic (exact) mass is 1370 g/mol. The first-order valence-electron chi connectivity index (χ1n) is 29.3. The number of ether oxygens (including phenoxy) is 2. The van der Waals surface area contributed by atoms with Crippen LogP contribution in [0.15, 0.2) is 50.4 Å². The molecule has 0 spiro atoms. The highest BCUT2D eigenvalue weighted by molar-refractivity contribution is 8.79. The fraction of sp³-hybridized carbons (Fsp3) is 0.541. The summed E-state index contributed by atoms with van der Waals surface area (Å²) in [6, 6.07) is 0. The smallest absolute Gasteiger partial charge is 0.308 e. The van der Waals surface area contributed by atoms with E-state index in [1.807, 2.05) is 27.7 Å². The van der Waals surface area contributed by atoms with E-state index in [0.29, 0.717) is 102 Å². The molecule has 0 bridgehead atoms. The van der Waals surface area contributed by atoms with E-state index in [4.69, 9.17) is 31.8 Å². The molecule has 26 nitrogen and oxygen atoms in total. The number of allylic oxidation sites excluding steroid dienone is 4. The highest BCUT2D eigenvalue weighted by atomic mass is 33.1. The van der Waals surface area contributed by atoms with E-state index < -0.39 is 23.8 Å². The van der Waals surface area contributed by atoms with E-state index in [-0.39, 0.29) is 116 Å². The first kappa shape index (κ1) is 82.9. The van der Waals surface area contributed by atoms with Crippen LogP contribution >= 0.6 is 55.8 Å². The number of aryl methyl sites for hydroxylation is 3. The van der Waals surface area contributed by atoms with Gasteiger partial charge in [-0.15, -0.1) is 0 Å². The first-order valence-corrected chi connectivity index (χ1v) is 34.4. The standard InChI is InChI=1S/C33H48N8O5S2.C22H32N4O6S2.C6H10O3S/c1-20(2)28(44)10-9-11-29(22(5)40(18-42)16-26-14-36-24(7)38-31(26)34)47-48-30(12-13-46-33(45)21(3)4)23(6)41(19-43)17-27-15-37-25(8)39-32(27)35;1-13(2)22(31)32-7-6-19(34-33-11-17(21(29)30)8-14(3)28)15(4)26(12-27)10-18-9-24-16(5)25-20(18)23;1-4(7)2-5(3-10)6(8)9/h14-15,18-21H,9-13,16-17H2,1-8H3,(H2,34,36,38)(H2,35,37,39);9,12-13,17H,6-8,10-11H2,1-5H3,(H,29,30)(H2,23,24,25);5,10H,2-3H2,1H3,(H,8,9)/b29-22-,30-23-;19-15-;/t;17-;5-/m.11/s1. The number of nitrogens with two attached hydrogens (primary N) is 3. The number of carboxylic acid groups (broad SMARTS) is 2. The summed E-state index contributed by atoms with van der Waals surface area (Å²) in [6.45, 7) is 24.7. The zero-order valence-corrected chi connectivity index (χ0v) is 59.0. The Kier molecular flexibility index (Phi) is 39.4. The molecule has 31 heteroatoms. The fourth-order valence-corrected chi connectivity index (χ4v) is 13.4. The van der Waals surface area contributed by atoms with Gasteiger partial charge in [-0.1, -0.05) is 84.7 Å². The number of carbonyl (C=O) groups is 10. The molecule has 0 fully saturated rings. The van der Waals surface area contributed by atoms with Crippen LogP contribution in [0.3, 0.4) is 0 Å². The van der Waals surface area contributed by atoms with Crippen LogP contribution in [0.1, 0.15) is 155 Å². The Morgan fingerprint density at radius 1 is 0.533 bits per heavy atom. The molecule has 0 aromatic carbocycles. The number of anilines is 3. The zero-order chi connectivity index (χ0) is 69.9. The summed E-state index contributed by atoms with van der Waals surface area (Å²) in [6.07, 6.45) is 9.05. The number of hydrogen-bond acceptors (Lipinski definition) is 26. The molecule has 3 amide bonds. The van der Waals surface area contributed by atoms with Crippen LogP contribution in [0.2, 0.25) is 0 Å². The number of Topliss-reactive ketones (excluding diaryl/α,β-unsaturated/α-hetero) is 3. The van der Waals surface area contributed by atoms with E-state index in [2.05, 4.69) is 42.5 Å². The topological polar surface area (TPSA) is 395 Å². The number of carboxylic acids is 2. The first-order chi connectivity index (χ1) is 43.2. The molecule has 3 aromatic rings. The molecule has 92 heavy (non-hydrogen) atoms. The largest absolute Gasteiger partial charge is 0.481 e. The van der Waals surface area contributed by atoms with Crippen molar-refractivity contribution in [3.05, 3.63) is 84.6 Å². The number of hydrogen-bond donors (Lipinski definition) is 6. The number of amides is 3. The van der Waals surface area contributed by atoms with Crippen molar-refractivity contribution in [1.29, 1.82) is 0 Å². The average Bonchev–Trinajstić information content (AvgIpc) is 1.34. The van der Waals surface area contributed by atoms with Crippen molar-refractivity contribution < 1.29 is 67.6 Å². The molecule has 0 aliphatic rings. The van der Waals surface area contributed by atoms with E-state index in [1.54, 1.807) is 74.0 Å². The van der Waals surface area contributed by atoms with Gasteiger partial charge in [-0.25, -0.2) is 29.9 Å². The van der Waals surface area contributed by atoms with Crippen molar-refractivity contribution in [3.8, 4) is 0 Å². The molecular formula is C61H90N12O14S5. The lowest BCUT2D eigenvalue weighted by Gasteiger charge is -2.24. The predicted octanol–water partition coefficient (Wildman–Crippen LogP) is 9.30. The number of esters is 2. The Morgan fingerprint density at radius 3 is 1.15 bits per heavy atom. The minimum atomic E-state index is -1.04. The van der Waals surface area contributed by atoms with E-state index >= 15 is 0 Å². The maximum Gasteiger partial charge on any atom is 0.308 e. The minimum absolute atomic E-state index is 0.0555. The van der Waals surface area contributed by atoms with Crippen LogP contribution in [-0.4, -0.2) is 140 Å². The van der Waals surface area contributed by atoms with Crippen molar-refractivity contribution in [3.63, 3.8) is 0 Å². The number of nitrogen functional groups attached to an aromatic ring is 3. The maximum absolute atomic E-state index is 12.4. The number of aromatic nitrogens is 6. The molecule has 0 aliphatic carbocycles. The van der Waals surface area contributed by atoms with Crippen LogP contribution in [0.5, 0.6) is 0 Å². The van der Waals surface area contributed by atoms with Crippen LogP contribution in [0, 0.1) is 50.4 Å². The summed E-state index contributed by atoms with van der Waals surface area (Å²) in [5.74, 6) is -2.06. The lowest BCUT2D eigenvalue weighted by atomic mass is 10.0. The molecule has 3 heterocycles. The van der Waals surface area contributed by atoms with Crippen LogP contribution < -0.4 is 17.2 Å². The third-order valence-corrected chi connectivity index (χ3v) is 19.3. The van der Waals surface area contributed by atoms with Gasteiger partial charge < -0.3 is 61.2 Å². The number of aliphatic carboxylic acids is 2. The summed E-state index contributed by atoms with van der Waals surface area (Å²) in [4.78, 5) is 149. The maximum atomic E-state index is 12.4. The quantitative estimate of drug-likeness (QED) is 0.0134. The van der Waals surface area contributed by atoms with Gasteiger partial charge in [0, 0.05) is 117 Å². The zero-order valence-electron chi connectivity index (χ0n) is 54.9. The van der Waals surface area contributed by atoms with Crippen molar-refractivity contribution in [1.82, 2.24) is 44.6 Å². The number of rotatable bonds is 39. The molecule has 3 rings (SSSR count). The van der Waals surface area contributed by atoms with Gasteiger partial charge in [0.1, 0.15) is 52.3 Å². The molecule has 3 aromatic heterocycles. The summed E-state index contributed by atoms with van der Waals surface area (Å²) < 4.78 is 10.8. The van der Waals surface area contributed by atoms with Crippen molar-refractivity contribution >= 4 is 134 Å². The second kappa shape index (κ2) is 43.7.